The lowest BCUT2D eigenvalue weighted by atomic mass is 9.96. The van der Waals surface area contributed by atoms with E-state index in [1.165, 1.54) is 17.0 Å². The van der Waals surface area contributed by atoms with Crippen LogP contribution in [0.3, 0.4) is 0 Å². The van der Waals surface area contributed by atoms with Crippen LogP contribution in [0.5, 0.6) is 0 Å². The molecule has 5 heteroatoms. The number of aliphatic hydroxyl groups excluding tert-OH is 1. The maximum atomic E-state index is 12.7. The van der Waals surface area contributed by atoms with Crippen LogP contribution in [0.4, 0.5) is 9.18 Å². The van der Waals surface area contributed by atoms with Crippen molar-refractivity contribution in [1.82, 2.24) is 4.90 Å². The van der Waals surface area contributed by atoms with Crippen molar-refractivity contribution >= 4 is 6.09 Å². The minimum absolute atomic E-state index is 0.109. The highest BCUT2D eigenvalue weighted by atomic mass is 19.1. The molecule has 0 aliphatic carbocycles. The summed E-state index contributed by atoms with van der Waals surface area (Å²) >= 11 is 0. The predicted molar refractivity (Wildman–Crippen MR) is 54.7 cm³/mol. The van der Waals surface area contributed by atoms with Crippen molar-refractivity contribution in [2.24, 2.45) is 0 Å². The van der Waals surface area contributed by atoms with Gasteiger partial charge in [-0.05, 0) is 17.7 Å². The van der Waals surface area contributed by atoms with Crippen molar-refractivity contribution in [3.8, 4) is 0 Å². The second kappa shape index (κ2) is 4.09. The molecule has 4 nitrogen and oxygen atoms in total. The number of hydrogen-bond donors (Lipinski definition) is 2. The summed E-state index contributed by atoms with van der Waals surface area (Å²) in [4.78, 5) is 11.9. The monoisotopic (exact) mass is 225 g/mol. The van der Waals surface area contributed by atoms with Gasteiger partial charge in [-0.1, -0.05) is 12.1 Å². The largest absolute Gasteiger partial charge is 0.465 e. The van der Waals surface area contributed by atoms with E-state index in [-0.39, 0.29) is 24.8 Å². The number of benzene rings is 1. The maximum absolute atomic E-state index is 12.7. The molecule has 2 N–H and O–H groups in total. The van der Waals surface area contributed by atoms with Crippen LogP contribution in [0, 0.1) is 5.82 Å². The predicted octanol–water partition coefficient (Wildman–Crippen LogP) is 1.26. The summed E-state index contributed by atoms with van der Waals surface area (Å²) in [6.07, 6.45) is -1.76. The van der Waals surface area contributed by atoms with Crippen LogP contribution in [-0.2, 0) is 0 Å². The molecule has 0 aromatic heterocycles. The molecule has 1 amide bonds. The number of likely N-dealkylation sites (tertiary alicyclic amines) is 1. The lowest BCUT2D eigenvalue weighted by Gasteiger charge is -2.13. The third-order valence-electron chi connectivity index (χ3n) is 2.86. The summed E-state index contributed by atoms with van der Waals surface area (Å²) in [6, 6.07) is 5.78. The molecule has 1 aliphatic rings. The molecule has 0 radical (unpaired) electrons. The molecule has 1 aromatic carbocycles. The van der Waals surface area contributed by atoms with E-state index in [4.69, 9.17) is 5.11 Å². The minimum Gasteiger partial charge on any atom is -0.465 e. The van der Waals surface area contributed by atoms with E-state index in [0.29, 0.717) is 0 Å². The maximum Gasteiger partial charge on any atom is 0.407 e. The first kappa shape index (κ1) is 10.9. The summed E-state index contributed by atoms with van der Waals surface area (Å²) in [5, 5.41) is 18.5. The lowest BCUT2D eigenvalue weighted by Crippen LogP contribution is -2.27. The second-order valence-electron chi connectivity index (χ2n) is 3.91. The molecule has 2 unspecified atom stereocenters. The van der Waals surface area contributed by atoms with Crippen LogP contribution < -0.4 is 0 Å². The Labute approximate surface area is 91.9 Å². The van der Waals surface area contributed by atoms with Gasteiger partial charge < -0.3 is 15.1 Å². The average Bonchev–Trinajstić information content (AvgIpc) is 2.62. The molecule has 0 spiro atoms. The Morgan fingerprint density at radius 1 is 1.31 bits per heavy atom. The van der Waals surface area contributed by atoms with E-state index >= 15 is 0 Å². The molecular formula is C11H12FNO3. The molecule has 0 bridgehead atoms. The highest BCUT2D eigenvalue weighted by Crippen LogP contribution is 2.27. The fourth-order valence-corrected chi connectivity index (χ4v) is 1.98. The van der Waals surface area contributed by atoms with Gasteiger partial charge in [-0.15, -0.1) is 0 Å². The Hall–Kier alpha value is -1.62. The first-order valence-electron chi connectivity index (χ1n) is 4.99. The van der Waals surface area contributed by atoms with Crippen molar-refractivity contribution in [1.29, 1.82) is 0 Å². The van der Waals surface area contributed by atoms with Gasteiger partial charge in [0.25, 0.3) is 0 Å². The summed E-state index contributed by atoms with van der Waals surface area (Å²) in [6.45, 7) is 0.361. The van der Waals surface area contributed by atoms with E-state index in [1.54, 1.807) is 12.1 Å². The molecule has 0 saturated carbocycles. The Balaban J connectivity index is 2.16. The van der Waals surface area contributed by atoms with Crippen LogP contribution in [0.15, 0.2) is 24.3 Å². The first-order valence-corrected chi connectivity index (χ1v) is 4.99. The summed E-state index contributed by atoms with van der Waals surface area (Å²) in [5.74, 6) is -0.608. The average molecular weight is 225 g/mol. The molecule has 2 atom stereocenters. The van der Waals surface area contributed by atoms with Crippen molar-refractivity contribution in [2.75, 3.05) is 13.1 Å². The quantitative estimate of drug-likeness (QED) is 0.756. The van der Waals surface area contributed by atoms with Gasteiger partial charge in [-0.2, -0.15) is 0 Å². The highest BCUT2D eigenvalue weighted by molar-refractivity contribution is 5.65. The van der Waals surface area contributed by atoms with Gasteiger partial charge in [0.05, 0.1) is 12.6 Å². The fraction of sp³-hybridized carbons (Fsp3) is 0.364. The van der Waals surface area contributed by atoms with Crippen LogP contribution in [0.2, 0.25) is 0 Å². The standard InChI is InChI=1S/C11H12FNO3/c12-8-3-1-7(2-4-8)9-5-13(11(15)16)6-10(9)14/h1-4,9-10,14H,5-6H2,(H,15,16). The number of β-amino-alcohol motifs (C(OH)–C–C–N with tert-alkyl or cyclic N) is 1. The molecule has 1 aliphatic heterocycles. The van der Waals surface area contributed by atoms with Gasteiger partial charge in [-0.3, -0.25) is 0 Å². The van der Waals surface area contributed by atoms with Crippen molar-refractivity contribution < 1.29 is 19.4 Å². The topological polar surface area (TPSA) is 60.8 Å². The van der Waals surface area contributed by atoms with Crippen LogP contribution in [-0.4, -0.2) is 40.4 Å². The number of carboxylic acid groups (broad SMARTS) is 1. The smallest absolute Gasteiger partial charge is 0.407 e. The van der Waals surface area contributed by atoms with E-state index in [9.17, 15) is 14.3 Å². The number of rotatable bonds is 1. The van der Waals surface area contributed by atoms with Crippen LogP contribution >= 0.6 is 0 Å². The summed E-state index contributed by atoms with van der Waals surface area (Å²) in [5.41, 5.74) is 0.762. The molecule has 1 aromatic rings. The molecule has 2 rings (SSSR count). The van der Waals surface area contributed by atoms with Gasteiger partial charge in [0.1, 0.15) is 5.82 Å². The lowest BCUT2D eigenvalue weighted by molar-refractivity contribution is 0.138. The number of aliphatic hydroxyl groups is 1. The number of halogens is 1. The summed E-state index contributed by atoms with van der Waals surface area (Å²) in [7, 11) is 0. The van der Waals surface area contributed by atoms with Crippen molar-refractivity contribution in [3.63, 3.8) is 0 Å². The normalized spacial score (nSPS) is 24.8. The van der Waals surface area contributed by atoms with Gasteiger partial charge in [0.2, 0.25) is 0 Å². The Kier molecular flexibility index (Phi) is 2.78. The Morgan fingerprint density at radius 3 is 2.44 bits per heavy atom. The molecule has 1 heterocycles. The number of carbonyl (C=O) groups is 1. The molecule has 86 valence electrons. The van der Waals surface area contributed by atoms with E-state index in [1.807, 2.05) is 0 Å². The zero-order valence-corrected chi connectivity index (χ0v) is 8.51. The van der Waals surface area contributed by atoms with E-state index in [2.05, 4.69) is 0 Å². The van der Waals surface area contributed by atoms with E-state index in [0.717, 1.165) is 5.56 Å². The third-order valence-corrected chi connectivity index (χ3v) is 2.86. The van der Waals surface area contributed by atoms with Crippen LogP contribution in [0.25, 0.3) is 0 Å². The first-order chi connectivity index (χ1) is 7.58. The van der Waals surface area contributed by atoms with Gasteiger partial charge >= 0.3 is 6.09 Å². The fourth-order valence-electron chi connectivity index (χ4n) is 1.98. The number of amides is 1. The minimum atomic E-state index is -1.04. The molecule has 16 heavy (non-hydrogen) atoms. The molecule has 1 saturated heterocycles. The number of hydrogen-bond acceptors (Lipinski definition) is 2. The van der Waals surface area contributed by atoms with Gasteiger partial charge in [0.15, 0.2) is 0 Å². The zero-order valence-electron chi connectivity index (χ0n) is 8.51. The van der Waals surface area contributed by atoms with Gasteiger partial charge in [-0.25, -0.2) is 9.18 Å². The SMILES string of the molecule is O=C(O)N1CC(O)C(c2ccc(F)cc2)C1. The number of nitrogens with zero attached hydrogens (tertiary/aromatic N) is 1. The third kappa shape index (κ3) is 1.99. The second-order valence-corrected chi connectivity index (χ2v) is 3.91. The molecule has 1 fully saturated rings. The molecular weight excluding hydrogens is 213 g/mol. The van der Waals surface area contributed by atoms with E-state index < -0.39 is 12.2 Å². The Morgan fingerprint density at radius 2 is 1.94 bits per heavy atom. The zero-order chi connectivity index (χ0) is 11.7. The van der Waals surface area contributed by atoms with Crippen LogP contribution in [0.1, 0.15) is 11.5 Å². The summed E-state index contributed by atoms with van der Waals surface area (Å²) < 4.78 is 12.7. The Bertz CT molecular complexity index is 393. The van der Waals surface area contributed by atoms with Crippen molar-refractivity contribution in [3.05, 3.63) is 35.6 Å². The highest BCUT2D eigenvalue weighted by Gasteiger charge is 2.34. The van der Waals surface area contributed by atoms with Gasteiger partial charge in [0, 0.05) is 12.5 Å². The van der Waals surface area contributed by atoms with Crippen molar-refractivity contribution in [2.45, 2.75) is 12.0 Å².